The molecule has 11 heteroatoms. The van der Waals surface area contributed by atoms with Crippen LogP contribution in [0.1, 0.15) is 88.0 Å². The van der Waals surface area contributed by atoms with Crippen molar-refractivity contribution < 1.29 is 49.1 Å². The minimum absolute atomic E-state index is 0.149. The number of aliphatic hydroxyl groups is 3. The molecular formula is C35H52NO10. The van der Waals surface area contributed by atoms with Crippen LogP contribution in [0.4, 0.5) is 0 Å². The Morgan fingerprint density at radius 2 is 1.78 bits per heavy atom. The quantitative estimate of drug-likeness (QED) is 0.250. The van der Waals surface area contributed by atoms with Gasteiger partial charge < -0.3 is 29.5 Å². The summed E-state index contributed by atoms with van der Waals surface area (Å²) in [5.74, 6) is -4.79. The number of hydrogen-bond acceptors (Lipinski definition) is 10. The van der Waals surface area contributed by atoms with Gasteiger partial charge in [0.15, 0.2) is 11.4 Å². The Balaban J connectivity index is 1.48. The Labute approximate surface area is 271 Å². The van der Waals surface area contributed by atoms with Gasteiger partial charge in [-0.05, 0) is 44.8 Å². The van der Waals surface area contributed by atoms with Crippen molar-refractivity contribution in [2.45, 2.75) is 117 Å². The molecule has 9 unspecified atom stereocenters. The van der Waals surface area contributed by atoms with Gasteiger partial charge in [0.2, 0.25) is 0 Å². The molecule has 3 N–H and O–H groups in total. The highest BCUT2D eigenvalue weighted by Gasteiger charge is 2.88. The number of carbonyl (C=O) groups is 3. The van der Waals surface area contributed by atoms with Gasteiger partial charge in [-0.3, -0.25) is 14.4 Å². The molecule has 0 spiro atoms. The highest BCUT2D eigenvalue weighted by Crippen LogP contribution is 2.77. The summed E-state index contributed by atoms with van der Waals surface area (Å²) in [4.78, 5) is 40.1. The maximum atomic E-state index is 14.1. The minimum Gasteiger partial charge on any atom is -0.457 e. The van der Waals surface area contributed by atoms with E-state index in [9.17, 15) is 34.9 Å². The number of Topliss-reactive ketones (excluding diaryl/α,β-unsaturated/α-hetero) is 1. The number of ether oxygens (including phenoxy) is 3. The van der Waals surface area contributed by atoms with E-state index < -0.39 is 93.4 Å². The number of hydroxylamine groups is 2. The van der Waals surface area contributed by atoms with Crippen molar-refractivity contribution in [3.8, 4) is 0 Å². The van der Waals surface area contributed by atoms with E-state index >= 15 is 0 Å². The summed E-state index contributed by atoms with van der Waals surface area (Å²) in [5, 5.41) is 48.3. The summed E-state index contributed by atoms with van der Waals surface area (Å²) in [7, 11) is 0. The molecule has 5 aliphatic rings. The van der Waals surface area contributed by atoms with Gasteiger partial charge in [0, 0.05) is 47.8 Å². The Kier molecular flexibility index (Phi) is 8.56. The fourth-order valence-electron chi connectivity index (χ4n) is 9.62. The summed E-state index contributed by atoms with van der Waals surface area (Å²) in [5.41, 5.74) is -6.50. The molecule has 2 saturated carbocycles. The van der Waals surface area contributed by atoms with Gasteiger partial charge in [0.1, 0.15) is 17.9 Å². The van der Waals surface area contributed by atoms with Crippen LogP contribution in [-0.4, -0.2) is 87.0 Å². The van der Waals surface area contributed by atoms with E-state index in [0.717, 1.165) is 5.06 Å². The molecule has 3 fully saturated rings. The molecule has 1 saturated heterocycles. The molecule has 0 aromatic carbocycles. The SMILES string of the molecule is CC(=O)OC12C(OC(=O)C(C)(C)CCCC(C)(C)C3OCCN3[O])C(C)C3(O)C(C=C(CO)CC4(O)C(=O)C(C)=CC43)C1C2(C)C. The first kappa shape index (κ1) is 35.2. The molecule has 257 valence electrons. The van der Waals surface area contributed by atoms with Gasteiger partial charge in [0.25, 0.3) is 0 Å². The van der Waals surface area contributed by atoms with Crippen molar-refractivity contribution in [3.05, 3.63) is 23.3 Å². The summed E-state index contributed by atoms with van der Waals surface area (Å²) < 4.78 is 18.2. The highest BCUT2D eigenvalue weighted by atomic mass is 16.6. The zero-order valence-electron chi connectivity index (χ0n) is 28.7. The largest absolute Gasteiger partial charge is 0.457 e. The van der Waals surface area contributed by atoms with E-state index in [1.807, 2.05) is 27.7 Å². The van der Waals surface area contributed by atoms with Gasteiger partial charge in [-0.15, -0.1) is 10.3 Å². The van der Waals surface area contributed by atoms with E-state index in [-0.39, 0.29) is 6.42 Å². The molecule has 4 aliphatic carbocycles. The molecule has 46 heavy (non-hydrogen) atoms. The second-order valence-corrected chi connectivity index (χ2v) is 16.4. The topological polar surface area (TPSA) is 163 Å². The standard InChI is InChI=1S/C35H52NO10/c1-19-15-24-33(41,26(19)39)17-22(18-37)16-23-25-32(8,9)35(25,46-21(3)38)27(20(2)34(23,24)42)45-29(40)31(6,7)12-10-11-30(4,5)28-36(43)13-14-44-28/h15-16,20,23-25,27-28,37,41-42H,10-14,17-18H2,1-9H3. The summed E-state index contributed by atoms with van der Waals surface area (Å²) in [6.45, 7) is 16.3. The van der Waals surface area contributed by atoms with Crippen molar-refractivity contribution in [2.75, 3.05) is 19.8 Å². The van der Waals surface area contributed by atoms with Crippen LogP contribution in [-0.2, 0) is 33.8 Å². The number of hydrogen-bond donors (Lipinski definition) is 3. The average Bonchev–Trinajstić information content (AvgIpc) is 3.18. The van der Waals surface area contributed by atoms with E-state index in [4.69, 9.17) is 14.2 Å². The first-order valence-corrected chi connectivity index (χ1v) is 16.6. The van der Waals surface area contributed by atoms with Crippen molar-refractivity contribution in [1.29, 1.82) is 0 Å². The van der Waals surface area contributed by atoms with Crippen LogP contribution in [0, 0.1) is 39.9 Å². The smallest absolute Gasteiger partial charge is 0.311 e. The molecule has 0 amide bonds. The average molecular weight is 647 g/mol. The second-order valence-electron chi connectivity index (χ2n) is 16.4. The Morgan fingerprint density at radius 1 is 1.13 bits per heavy atom. The normalized spacial score (nSPS) is 40.2. The zero-order chi connectivity index (χ0) is 34.4. The predicted molar refractivity (Wildman–Crippen MR) is 165 cm³/mol. The third kappa shape index (κ3) is 4.94. The van der Waals surface area contributed by atoms with Crippen LogP contribution in [0.25, 0.3) is 0 Å². The lowest BCUT2D eigenvalue weighted by Gasteiger charge is -2.53. The third-order valence-corrected chi connectivity index (χ3v) is 12.2. The fraction of sp³-hybridized carbons (Fsp3) is 0.800. The molecule has 1 heterocycles. The molecule has 5 rings (SSSR count). The Morgan fingerprint density at radius 3 is 2.35 bits per heavy atom. The first-order chi connectivity index (χ1) is 21.1. The van der Waals surface area contributed by atoms with Crippen molar-refractivity contribution in [2.24, 2.45) is 39.9 Å². The summed E-state index contributed by atoms with van der Waals surface area (Å²) >= 11 is 0. The van der Waals surface area contributed by atoms with Gasteiger partial charge in [-0.1, -0.05) is 53.2 Å². The summed E-state index contributed by atoms with van der Waals surface area (Å²) in [6.07, 6.45) is 3.26. The van der Waals surface area contributed by atoms with Crippen LogP contribution < -0.4 is 0 Å². The number of nitrogens with zero attached hydrogens (tertiary/aromatic N) is 1. The van der Waals surface area contributed by atoms with Gasteiger partial charge in [-0.2, -0.15) is 0 Å². The second kappa shape index (κ2) is 11.2. The lowest BCUT2D eigenvalue weighted by molar-refractivity contribution is -0.237. The molecule has 11 nitrogen and oxygen atoms in total. The van der Waals surface area contributed by atoms with Crippen molar-refractivity contribution in [3.63, 3.8) is 0 Å². The number of ketones is 1. The molecule has 1 radical (unpaired) electrons. The van der Waals surface area contributed by atoms with Gasteiger partial charge in [0.05, 0.1) is 30.8 Å². The number of fused-ring (bicyclic) bond motifs is 5. The van der Waals surface area contributed by atoms with Crippen LogP contribution in [0.15, 0.2) is 23.3 Å². The van der Waals surface area contributed by atoms with E-state index in [0.29, 0.717) is 43.6 Å². The molecule has 0 aromatic rings. The lowest BCUT2D eigenvalue weighted by atomic mass is 9.59. The monoisotopic (exact) mass is 646 g/mol. The van der Waals surface area contributed by atoms with Crippen molar-refractivity contribution >= 4 is 17.7 Å². The van der Waals surface area contributed by atoms with Crippen LogP contribution in [0.3, 0.4) is 0 Å². The maximum absolute atomic E-state index is 14.1. The molecule has 0 aromatic heterocycles. The fourth-order valence-corrected chi connectivity index (χ4v) is 9.62. The third-order valence-electron chi connectivity index (χ3n) is 12.2. The minimum atomic E-state index is -1.99. The van der Waals surface area contributed by atoms with Crippen LogP contribution >= 0.6 is 0 Å². The first-order valence-electron chi connectivity index (χ1n) is 16.6. The van der Waals surface area contributed by atoms with Crippen LogP contribution in [0.5, 0.6) is 0 Å². The van der Waals surface area contributed by atoms with Crippen LogP contribution in [0.2, 0.25) is 0 Å². The molecule has 1 aliphatic heterocycles. The zero-order valence-corrected chi connectivity index (χ0v) is 28.7. The number of esters is 2. The number of carbonyl (C=O) groups excluding carboxylic acids is 3. The Hall–Kier alpha value is -2.15. The number of rotatable bonds is 9. The summed E-state index contributed by atoms with van der Waals surface area (Å²) in [6, 6.07) is 0. The van der Waals surface area contributed by atoms with Crippen molar-refractivity contribution in [1.82, 2.24) is 5.06 Å². The molecule has 9 atom stereocenters. The van der Waals surface area contributed by atoms with Gasteiger partial charge >= 0.3 is 11.9 Å². The lowest BCUT2D eigenvalue weighted by Crippen LogP contribution is -2.66. The van der Waals surface area contributed by atoms with E-state index in [1.165, 1.54) is 6.92 Å². The van der Waals surface area contributed by atoms with E-state index in [1.54, 1.807) is 39.8 Å². The highest BCUT2D eigenvalue weighted by molar-refractivity contribution is 6.04. The van der Waals surface area contributed by atoms with E-state index in [2.05, 4.69) is 0 Å². The van der Waals surface area contributed by atoms with Gasteiger partial charge in [-0.25, -0.2) is 0 Å². The maximum Gasteiger partial charge on any atom is 0.311 e. The number of aliphatic hydroxyl groups excluding tert-OH is 1. The Bertz CT molecular complexity index is 1350. The predicted octanol–water partition coefficient (Wildman–Crippen LogP) is 3.28. The molecule has 0 bridgehead atoms. The molecular weight excluding hydrogens is 594 g/mol.